The number of allylic oxidation sites excluding steroid dienone is 1. The Morgan fingerprint density at radius 1 is 1.37 bits per heavy atom. The van der Waals surface area contributed by atoms with Gasteiger partial charge in [0.1, 0.15) is 0 Å². The van der Waals surface area contributed by atoms with Crippen LogP contribution in [0.1, 0.15) is 39.5 Å². The third-order valence-electron chi connectivity index (χ3n) is 5.06. The van der Waals surface area contributed by atoms with Gasteiger partial charge in [0.2, 0.25) is 5.91 Å². The van der Waals surface area contributed by atoms with Crippen molar-refractivity contribution in [3.63, 3.8) is 0 Å². The van der Waals surface area contributed by atoms with Gasteiger partial charge in [-0.15, -0.1) is 16.8 Å². The Labute approximate surface area is 164 Å². The molecule has 1 saturated carbocycles. The molecule has 1 N–H and O–H groups in total. The number of nitrogens with one attached hydrogen (secondary N) is 1. The first kappa shape index (κ1) is 19.6. The molecule has 2 heterocycles. The molecule has 2 aromatic rings. The third kappa shape index (κ3) is 4.77. The first-order valence-electron chi connectivity index (χ1n) is 9.51. The number of rotatable bonds is 7. The van der Waals surface area contributed by atoms with Crippen LogP contribution in [0, 0.1) is 5.92 Å². The molecule has 7 heteroatoms. The van der Waals surface area contributed by atoms with Gasteiger partial charge in [0, 0.05) is 30.5 Å². The average Bonchev–Trinajstić information content (AvgIpc) is 3.07. The molecule has 0 unspecified atom stereocenters. The number of carbonyl (C=O) groups is 1. The van der Waals surface area contributed by atoms with Gasteiger partial charge in [0.15, 0.2) is 11.0 Å². The molecule has 2 aromatic heterocycles. The van der Waals surface area contributed by atoms with E-state index in [1.165, 1.54) is 31.0 Å². The van der Waals surface area contributed by atoms with Crippen molar-refractivity contribution in [3.05, 3.63) is 37.2 Å². The van der Waals surface area contributed by atoms with E-state index < -0.39 is 0 Å². The molecule has 0 radical (unpaired) electrons. The molecule has 1 aliphatic carbocycles. The van der Waals surface area contributed by atoms with Crippen LogP contribution in [0.4, 0.5) is 0 Å². The quantitative estimate of drug-likeness (QED) is 0.581. The van der Waals surface area contributed by atoms with Crippen molar-refractivity contribution in [1.29, 1.82) is 0 Å². The summed E-state index contributed by atoms with van der Waals surface area (Å²) in [5.41, 5.74) is 0.944. The summed E-state index contributed by atoms with van der Waals surface area (Å²) in [6.07, 6.45) is 10.00. The van der Waals surface area contributed by atoms with E-state index in [-0.39, 0.29) is 17.2 Å². The Kier molecular flexibility index (Phi) is 6.66. The Morgan fingerprint density at radius 3 is 2.81 bits per heavy atom. The van der Waals surface area contributed by atoms with Crippen LogP contribution in [0.15, 0.2) is 42.3 Å². The molecule has 0 aliphatic heterocycles. The second kappa shape index (κ2) is 9.17. The summed E-state index contributed by atoms with van der Waals surface area (Å²) in [4.78, 5) is 16.7. The van der Waals surface area contributed by atoms with Gasteiger partial charge in [-0.25, -0.2) is 0 Å². The van der Waals surface area contributed by atoms with Gasteiger partial charge in [0.05, 0.1) is 5.25 Å². The van der Waals surface area contributed by atoms with E-state index in [1.54, 1.807) is 12.4 Å². The van der Waals surface area contributed by atoms with Crippen LogP contribution in [0.5, 0.6) is 0 Å². The van der Waals surface area contributed by atoms with E-state index in [2.05, 4.69) is 34.0 Å². The highest BCUT2D eigenvalue weighted by Gasteiger charge is 2.26. The zero-order valence-electron chi connectivity index (χ0n) is 16.0. The molecule has 6 nitrogen and oxygen atoms in total. The molecular formula is C20H27N5OS. The highest BCUT2D eigenvalue weighted by molar-refractivity contribution is 8.00. The molecule has 1 amide bonds. The fourth-order valence-corrected chi connectivity index (χ4v) is 4.29. The molecule has 144 valence electrons. The molecule has 0 bridgehead atoms. The molecule has 0 spiro atoms. The fourth-order valence-electron chi connectivity index (χ4n) is 3.43. The summed E-state index contributed by atoms with van der Waals surface area (Å²) in [5.74, 6) is 1.37. The number of pyridine rings is 1. The number of thioether (sulfide) groups is 1. The van der Waals surface area contributed by atoms with Gasteiger partial charge < -0.3 is 5.32 Å². The van der Waals surface area contributed by atoms with Crippen LogP contribution in [-0.2, 0) is 11.3 Å². The lowest BCUT2D eigenvalue weighted by Gasteiger charge is -2.30. The first-order chi connectivity index (χ1) is 13.1. The van der Waals surface area contributed by atoms with Crippen molar-refractivity contribution >= 4 is 17.7 Å². The Hall–Kier alpha value is -2.15. The monoisotopic (exact) mass is 385 g/mol. The van der Waals surface area contributed by atoms with Gasteiger partial charge in [-0.2, -0.15) is 0 Å². The average molecular weight is 386 g/mol. The number of hydrogen-bond donors (Lipinski definition) is 1. The molecule has 3 atom stereocenters. The van der Waals surface area contributed by atoms with Crippen LogP contribution >= 0.6 is 11.8 Å². The van der Waals surface area contributed by atoms with Crippen LogP contribution in [0.25, 0.3) is 11.4 Å². The zero-order chi connectivity index (χ0) is 19.2. The number of nitrogens with zero attached hydrogens (tertiary/aromatic N) is 4. The predicted molar refractivity (Wildman–Crippen MR) is 108 cm³/mol. The summed E-state index contributed by atoms with van der Waals surface area (Å²) >= 11 is 1.44. The standard InChI is InChI=1S/C20H27N5OS/c1-4-13-25-18(16-9-11-21-12-10-16)23-24-20(25)27-15(3)19(26)22-17-8-6-5-7-14(17)2/h4,9-12,14-15,17H,1,5-8,13H2,2-3H3,(H,22,26)/t14-,15-,17-/m1/s1. The lowest BCUT2D eigenvalue weighted by molar-refractivity contribution is -0.121. The van der Waals surface area contributed by atoms with Crippen LogP contribution in [0.2, 0.25) is 0 Å². The molecule has 3 rings (SSSR count). The lowest BCUT2D eigenvalue weighted by atomic mass is 9.86. The van der Waals surface area contributed by atoms with Gasteiger partial charge >= 0.3 is 0 Å². The van der Waals surface area contributed by atoms with Gasteiger partial charge in [-0.3, -0.25) is 14.3 Å². The SMILES string of the molecule is C=CCn1c(S[C@H](C)C(=O)N[C@@H]2CCCC[C@H]2C)nnc1-c1ccncc1. The second-order valence-electron chi connectivity index (χ2n) is 7.08. The van der Waals surface area contributed by atoms with Crippen LogP contribution in [0.3, 0.4) is 0 Å². The Balaban J connectivity index is 1.71. The van der Waals surface area contributed by atoms with Crippen molar-refractivity contribution in [1.82, 2.24) is 25.1 Å². The third-order valence-corrected chi connectivity index (χ3v) is 6.14. The van der Waals surface area contributed by atoms with Crippen molar-refractivity contribution in [2.75, 3.05) is 0 Å². The van der Waals surface area contributed by atoms with Crippen LogP contribution in [-0.4, -0.2) is 36.9 Å². The van der Waals surface area contributed by atoms with Gasteiger partial charge in [-0.1, -0.05) is 37.6 Å². The number of aromatic nitrogens is 4. The molecule has 27 heavy (non-hydrogen) atoms. The number of hydrogen-bond acceptors (Lipinski definition) is 5. The summed E-state index contributed by atoms with van der Waals surface area (Å²) in [6.45, 7) is 8.57. The first-order valence-corrected chi connectivity index (χ1v) is 10.4. The van der Waals surface area contributed by atoms with Crippen molar-refractivity contribution in [2.24, 2.45) is 5.92 Å². The van der Waals surface area contributed by atoms with Crippen molar-refractivity contribution in [2.45, 2.75) is 62.5 Å². The molecule has 1 aliphatic rings. The second-order valence-corrected chi connectivity index (χ2v) is 8.39. The van der Waals surface area contributed by atoms with E-state index in [1.807, 2.05) is 29.7 Å². The summed E-state index contributed by atoms with van der Waals surface area (Å²) in [5, 5.41) is 12.4. The summed E-state index contributed by atoms with van der Waals surface area (Å²) < 4.78 is 1.99. The maximum Gasteiger partial charge on any atom is 0.233 e. The van der Waals surface area contributed by atoms with Crippen molar-refractivity contribution < 1.29 is 4.79 Å². The van der Waals surface area contributed by atoms with E-state index in [0.29, 0.717) is 12.5 Å². The van der Waals surface area contributed by atoms with E-state index in [0.717, 1.165) is 23.0 Å². The zero-order valence-corrected chi connectivity index (χ0v) is 16.8. The molecular weight excluding hydrogens is 358 g/mol. The number of carbonyl (C=O) groups excluding carboxylic acids is 1. The minimum Gasteiger partial charge on any atom is -0.352 e. The minimum atomic E-state index is -0.239. The maximum absolute atomic E-state index is 12.7. The van der Waals surface area contributed by atoms with E-state index >= 15 is 0 Å². The molecule has 0 saturated heterocycles. The maximum atomic E-state index is 12.7. The normalized spacial score (nSPS) is 20.8. The highest BCUT2D eigenvalue weighted by atomic mass is 32.2. The molecule has 0 aromatic carbocycles. The Bertz CT molecular complexity index is 776. The van der Waals surface area contributed by atoms with Crippen molar-refractivity contribution in [3.8, 4) is 11.4 Å². The van der Waals surface area contributed by atoms with E-state index in [9.17, 15) is 4.79 Å². The molecule has 1 fully saturated rings. The predicted octanol–water partition coefficient (Wildman–Crippen LogP) is 3.70. The van der Waals surface area contributed by atoms with Gasteiger partial charge in [-0.05, 0) is 37.8 Å². The lowest BCUT2D eigenvalue weighted by Crippen LogP contribution is -2.44. The fraction of sp³-hybridized carbons (Fsp3) is 0.500. The summed E-state index contributed by atoms with van der Waals surface area (Å²) in [6, 6.07) is 4.09. The van der Waals surface area contributed by atoms with Gasteiger partial charge in [0.25, 0.3) is 0 Å². The largest absolute Gasteiger partial charge is 0.352 e. The Morgan fingerprint density at radius 2 is 2.11 bits per heavy atom. The van der Waals surface area contributed by atoms with Crippen LogP contribution < -0.4 is 5.32 Å². The minimum absolute atomic E-state index is 0.0670. The number of amides is 1. The van der Waals surface area contributed by atoms with E-state index in [4.69, 9.17) is 0 Å². The highest BCUT2D eigenvalue weighted by Crippen LogP contribution is 2.28. The smallest absolute Gasteiger partial charge is 0.233 e. The summed E-state index contributed by atoms with van der Waals surface area (Å²) in [7, 11) is 0. The topological polar surface area (TPSA) is 72.7 Å².